The molecule has 0 amide bonds. The van der Waals surface area contributed by atoms with Crippen molar-refractivity contribution < 1.29 is 19.2 Å². The normalized spacial score (nSPS) is 17.4. The number of nitrogens with zero attached hydrogens (tertiary/aromatic N) is 2. The van der Waals surface area contributed by atoms with E-state index in [0.717, 1.165) is 38.3 Å². The molecule has 1 unspecified atom stereocenters. The second-order valence-corrected chi connectivity index (χ2v) is 4.88. The number of nitrogens with one attached hydrogen (secondary N) is 1. The lowest BCUT2D eigenvalue weighted by Crippen LogP contribution is -2.47. The van der Waals surface area contributed by atoms with Gasteiger partial charge in [-0.2, -0.15) is 0 Å². The van der Waals surface area contributed by atoms with Crippen molar-refractivity contribution in [2.45, 2.75) is 6.10 Å². The summed E-state index contributed by atoms with van der Waals surface area (Å²) in [5.74, 6) is -0.740. The first kappa shape index (κ1) is 15.6. The highest BCUT2D eigenvalue weighted by molar-refractivity contribution is 5.46. The highest BCUT2D eigenvalue weighted by atomic mass is 19.1. The topological polar surface area (TPSA) is 87.9 Å². The van der Waals surface area contributed by atoms with Crippen LogP contribution in [0.25, 0.3) is 0 Å². The lowest BCUT2D eigenvalue weighted by Gasteiger charge is -2.28. The maximum Gasteiger partial charge on any atom is 0.313 e. The van der Waals surface area contributed by atoms with Crippen molar-refractivity contribution >= 4 is 5.69 Å². The van der Waals surface area contributed by atoms with E-state index in [1.54, 1.807) is 0 Å². The molecule has 116 valence electrons. The standard InChI is InChI=1S/C13H18FN3O4/c14-10-1-2-13(12(7-10)17(19)20)21-9-11(18)8-16-5-3-15-4-6-16/h1-2,7,11,15,18H,3-6,8-9H2. The third-order valence-corrected chi connectivity index (χ3v) is 3.23. The first-order valence-electron chi connectivity index (χ1n) is 6.74. The Hall–Kier alpha value is -1.77. The summed E-state index contributed by atoms with van der Waals surface area (Å²) in [6.45, 7) is 3.79. The monoisotopic (exact) mass is 299 g/mol. The van der Waals surface area contributed by atoms with Crippen LogP contribution in [0.5, 0.6) is 5.75 Å². The molecule has 1 aromatic rings. The lowest BCUT2D eigenvalue weighted by atomic mass is 10.2. The average molecular weight is 299 g/mol. The van der Waals surface area contributed by atoms with Gasteiger partial charge in [0.25, 0.3) is 0 Å². The molecule has 0 aromatic heterocycles. The van der Waals surface area contributed by atoms with Crippen LogP contribution in [0.15, 0.2) is 18.2 Å². The Labute approximate surface area is 121 Å². The smallest absolute Gasteiger partial charge is 0.313 e. The maximum atomic E-state index is 13.0. The fourth-order valence-corrected chi connectivity index (χ4v) is 2.19. The molecular weight excluding hydrogens is 281 g/mol. The molecule has 1 aliphatic heterocycles. The predicted octanol–water partition coefficient (Wildman–Crippen LogP) is 0.379. The molecule has 1 aliphatic rings. The van der Waals surface area contributed by atoms with Crippen molar-refractivity contribution in [2.24, 2.45) is 0 Å². The van der Waals surface area contributed by atoms with Crippen LogP contribution in [0, 0.1) is 15.9 Å². The summed E-state index contributed by atoms with van der Waals surface area (Å²) in [5, 5.41) is 23.9. The first-order chi connectivity index (χ1) is 10.1. The van der Waals surface area contributed by atoms with Crippen LogP contribution >= 0.6 is 0 Å². The summed E-state index contributed by atoms with van der Waals surface area (Å²) >= 11 is 0. The number of β-amino-alcohol motifs (C(OH)–C–C–N with tert-alkyl or cyclic N) is 1. The molecule has 1 heterocycles. The van der Waals surface area contributed by atoms with Crippen LogP contribution in [-0.2, 0) is 0 Å². The number of hydrogen-bond donors (Lipinski definition) is 2. The molecule has 2 rings (SSSR count). The zero-order chi connectivity index (χ0) is 15.2. The van der Waals surface area contributed by atoms with E-state index < -0.39 is 22.5 Å². The Morgan fingerprint density at radius 1 is 1.48 bits per heavy atom. The zero-order valence-corrected chi connectivity index (χ0v) is 11.5. The highest BCUT2D eigenvalue weighted by Gasteiger charge is 2.19. The SMILES string of the molecule is O=[N+]([O-])c1cc(F)ccc1OCC(O)CN1CCNCC1. The Balaban J connectivity index is 1.88. The van der Waals surface area contributed by atoms with Crippen molar-refractivity contribution in [1.82, 2.24) is 10.2 Å². The van der Waals surface area contributed by atoms with E-state index in [1.807, 2.05) is 0 Å². The van der Waals surface area contributed by atoms with Crippen LogP contribution in [0.3, 0.4) is 0 Å². The van der Waals surface area contributed by atoms with E-state index in [9.17, 15) is 19.6 Å². The van der Waals surface area contributed by atoms with Crippen LogP contribution in [0.4, 0.5) is 10.1 Å². The number of rotatable bonds is 6. The van der Waals surface area contributed by atoms with E-state index in [1.165, 1.54) is 6.07 Å². The summed E-state index contributed by atoms with van der Waals surface area (Å²) in [6.07, 6.45) is -0.757. The number of aliphatic hydroxyl groups excluding tert-OH is 1. The minimum absolute atomic E-state index is 0.0410. The zero-order valence-electron chi connectivity index (χ0n) is 11.5. The highest BCUT2D eigenvalue weighted by Crippen LogP contribution is 2.27. The van der Waals surface area contributed by atoms with Gasteiger partial charge in [-0.25, -0.2) is 4.39 Å². The maximum absolute atomic E-state index is 13.0. The van der Waals surface area contributed by atoms with Gasteiger partial charge in [0.15, 0.2) is 5.75 Å². The number of aliphatic hydroxyl groups is 1. The number of hydrogen-bond acceptors (Lipinski definition) is 6. The number of nitro groups is 1. The molecule has 1 saturated heterocycles. The third-order valence-electron chi connectivity index (χ3n) is 3.23. The van der Waals surface area contributed by atoms with Gasteiger partial charge < -0.3 is 15.2 Å². The van der Waals surface area contributed by atoms with Gasteiger partial charge in [0.2, 0.25) is 0 Å². The molecule has 0 aliphatic carbocycles. The molecule has 0 bridgehead atoms. The van der Waals surface area contributed by atoms with Crippen molar-refractivity contribution in [1.29, 1.82) is 0 Å². The Morgan fingerprint density at radius 2 is 2.19 bits per heavy atom. The molecule has 0 radical (unpaired) electrons. The van der Waals surface area contributed by atoms with Crippen LogP contribution in [0.1, 0.15) is 0 Å². The van der Waals surface area contributed by atoms with Gasteiger partial charge in [0.05, 0.1) is 11.0 Å². The Kier molecular flexibility index (Phi) is 5.43. The van der Waals surface area contributed by atoms with Crippen LogP contribution in [-0.4, -0.2) is 60.4 Å². The summed E-state index contributed by atoms with van der Waals surface area (Å²) in [7, 11) is 0. The van der Waals surface area contributed by atoms with Crippen molar-refractivity contribution in [3.05, 3.63) is 34.1 Å². The minimum Gasteiger partial charge on any atom is -0.484 e. The number of ether oxygens (including phenoxy) is 1. The van der Waals surface area contributed by atoms with Gasteiger partial charge in [-0.3, -0.25) is 15.0 Å². The summed E-state index contributed by atoms with van der Waals surface area (Å²) in [5.41, 5.74) is -0.440. The second-order valence-electron chi connectivity index (χ2n) is 4.88. The molecule has 0 saturated carbocycles. The molecule has 1 atom stereocenters. The fraction of sp³-hybridized carbons (Fsp3) is 0.538. The predicted molar refractivity (Wildman–Crippen MR) is 73.9 cm³/mol. The molecule has 1 fully saturated rings. The quantitative estimate of drug-likeness (QED) is 0.583. The largest absolute Gasteiger partial charge is 0.484 e. The lowest BCUT2D eigenvalue weighted by molar-refractivity contribution is -0.386. The molecule has 21 heavy (non-hydrogen) atoms. The molecule has 1 aromatic carbocycles. The van der Waals surface area contributed by atoms with Gasteiger partial charge in [0.1, 0.15) is 18.5 Å². The summed E-state index contributed by atoms with van der Waals surface area (Å²) in [4.78, 5) is 12.2. The van der Waals surface area contributed by atoms with Gasteiger partial charge in [-0.05, 0) is 12.1 Å². The summed E-state index contributed by atoms with van der Waals surface area (Å²) < 4.78 is 18.2. The van der Waals surface area contributed by atoms with E-state index in [-0.39, 0.29) is 12.4 Å². The number of benzene rings is 1. The van der Waals surface area contributed by atoms with Gasteiger partial charge >= 0.3 is 5.69 Å². The second kappa shape index (κ2) is 7.30. The van der Waals surface area contributed by atoms with E-state index >= 15 is 0 Å². The molecule has 2 N–H and O–H groups in total. The fourth-order valence-electron chi connectivity index (χ4n) is 2.19. The van der Waals surface area contributed by atoms with Gasteiger partial charge in [-0.15, -0.1) is 0 Å². The van der Waals surface area contributed by atoms with E-state index in [0.29, 0.717) is 6.54 Å². The van der Waals surface area contributed by atoms with Gasteiger partial charge in [0, 0.05) is 32.7 Å². The molecule has 7 nitrogen and oxygen atoms in total. The molecule has 0 spiro atoms. The van der Waals surface area contributed by atoms with Crippen molar-refractivity contribution in [3.63, 3.8) is 0 Å². The Morgan fingerprint density at radius 3 is 2.86 bits per heavy atom. The average Bonchev–Trinajstić information content (AvgIpc) is 2.47. The van der Waals surface area contributed by atoms with E-state index in [4.69, 9.17) is 4.74 Å². The first-order valence-corrected chi connectivity index (χ1v) is 6.74. The number of piperazine rings is 1. The number of nitro benzene ring substituents is 1. The third kappa shape index (κ3) is 4.62. The minimum atomic E-state index is -0.757. The summed E-state index contributed by atoms with van der Waals surface area (Å²) in [6, 6.07) is 3.09. The van der Waals surface area contributed by atoms with Crippen molar-refractivity contribution in [2.75, 3.05) is 39.3 Å². The molecule has 8 heteroatoms. The Bertz CT molecular complexity index is 494. The van der Waals surface area contributed by atoms with Crippen LogP contribution < -0.4 is 10.1 Å². The van der Waals surface area contributed by atoms with Crippen LogP contribution in [0.2, 0.25) is 0 Å². The molecular formula is C13H18FN3O4. The van der Waals surface area contributed by atoms with Gasteiger partial charge in [-0.1, -0.05) is 0 Å². The van der Waals surface area contributed by atoms with Crippen molar-refractivity contribution in [3.8, 4) is 5.75 Å². The van der Waals surface area contributed by atoms with E-state index in [2.05, 4.69) is 10.2 Å². The number of halogens is 1.